The zero-order valence-corrected chi connectivity index (χ0v) is 16.1. The summed E-state index contributed by atoms with van der Waals surface area (Å²) >= 11 is 0. The molecule has 7 heteroatoms. The summed E-state index contributed by atoms with van der Waals surface area (Å²) in [4.78, 5) is 18.9. The second-order valence-electron chi connectivity index (χ2n) is 7.46. The van der Waals surface area contributed by atoms with Gasteiger partial charge in [-0.25, -0.2) is 0 Å². The van der Waals surface area contributed by atoms with Gasteiger partial charge in [-0.05, 0) is 19.4 Å². The molecule has 0 bridgehead atoms. The lowest BCUT2D eigenvalue weighted by atomic mass is 10.0. The van der Waals surface area contributed by atoms with Crippen molar-refractivity contribution >= 4 is 5.91 Å². The molecule has 146 valence electrons. The number of carbonyl (C=O) groups excluding carboxylic acids is 1. The Hall–Kier alpha value is -2.25. The molecule has 1 saturated heterocycles. The van der Waals surface area contributed by atoms with E-state index >= 15 is 0 Å². The zero-order valence-electron chi connectivity index (χ0n) is 16.1. The number of carbonyl (C=O) groups is 1. The minimum atomic E-state index is -0.0905. The second kappa shape index (κ2) is 9.10. The lowest BCUT2D eigenvalue weighted by Crippen LogP contribution is -2.55. The van der Waals surface area contributed by atoms with Crippen LogP contribution in [-0.4, -0.2) is 59.3 Å². The summed E-state index contributed by atoms with van der Waals surface area (Å²) in [6.07, 6.45) is 1.42. The number of rotatable bonds is 8. The van der Waals surface area contributed by atoms with E-state index in [4.69, 9.17) is 9.26 Å². The molecule has 1 fully saturated rings. The van der Waals surface area contributed by atoms with E-state index < -0.39 is 0 Å². The molecule has 1 N–H and O–H groups in total. The molecule has 1 aromatic heterocycles. The third-order valence-electron chi connectivity index (χ3n) is 4.87. The molecule has 0 aliphatic carbocycles. The first kappa shape index (κ1) is 19.5. The van der Waals surface area contributed by atoms with Gasteiger partial charge in [-0.2, -0.15) is 4.98 Å². The molecule has 2 heterocycles. The van der Waals surface area contributed by atoms with Gasteiger partial charge in [-0.1, -0.05) is 35.5 Å². The highest BCUT2D eigenvalue weighted by Crippen LogP contribution is 2.15. The van der Waals surface area contributed by atoms with Crippen LogP contribution in [-0.2, 0) is 22.4 Å². The zero-order chi connectivity index (χ0) is 19.1. The molecule has 0 saturated carbocycles. The molecule has 3 rings (SSSR count). The number of morpholine rings is 1. The number of aryl methyl sites for hydroxylation is 1. The highest BCUT2D eigenvalue weighted by atomic mass is 16.5. The molecule has 0 radical (unpaired) electrons. The monoisotopic (exact) mass is 372 g/mol. The fourth-order valence-corrected chi connectivity index (χ4v) is 3.15. The molecule has 1 aromatic carbocycles. The van der Waals surface area contributed by atoms with Crippen molar-refractivity contribution in [3.63, 3.8) is 0 Å². The van der Waals surface area contributed by atoms with E-state index in [1.807, 2.05) is 30.3 Å². The van der Waals surface area contributed by atoms with Crippen LogP contribution in [0.15, 0.2) is 34.9 Å². The fourth-order valence-electron chi connectivity index (χ4n) is 3.15. The standard InChI is InChI=1S/C20H28N4O3/c1-20(2,24-10-12-26-13-11-24)15-21-18(25)8-9-19-22-17(23-27-19)14-16-6-4-3-5-7-16/h3-7H,8-15H2,1-2H3,(H,21,25). The Balaban J connectivity index is 1.41. The molecule has 2 aromatic rings. The summed E-state index contributed by atoms with van der Waals surface area (Å²) in [5, 5.41) is 7.03. The lowest BCUT2D eigenvalue weighted by molar-refractivity contribution is -0.122. The van der Waals surface area contributed by atoms with Gasteiger partial charge in [0.25, 0.3) is 0 Å². The summed E-state index contributed by atoms with van der Waals surface area (Å²) in [7, 11) is 0. The van der Waals surface area contributed by atoms with Crippen LogP contribution in [0.5, 0.6) is 0 Å². The fraction of sp³-hybridized carbons (Fsp3) is 0.550. The summed E-state index contributed by atoms with van der Waals surface area (Å²) < 4.78 is 10.7. The van der Waals surface area contributed by atoms with Crippen molar-refractivity contribution in [1.82, 2.24) is 20.4 Å². The van der Waals surface area contributed by atoms with Gasteiger partial charge in [-0.15, -0.1) is 0 Å². The number of hydrogen-bond acceptors (Lipinski definition) is 6. The van der Waals surface area contributed by atoms with E-state index in [1.165, 1.54) is 0 Å². The summed E-state index contributed by atoms with van der Waals surface area (Å²) in [6, 6.07) is 10.0. The van der Waals surface area contributed by atoms with Gasteiger partial charge >= 0.3 is 0 Å². The molecule has 1 amide bonds. The predicted octanol–water partition coefficient (Wildman–Crippen LogP) is 1.82. The third kappa shape index (κ3) is 5.87. The maximum absolute atomic E-state index is 12.2. The van der Waals surface area contributed by atoms with E-state index in [2.05, 4.69) is 34.2 Å². The Morgan fingerprint density at radius 1 is 1.22 bits per heavy atom. The van der Waals surface area contributed by atoms with E-state index in [0.29, 0.717) is 37.5 Å². The third-order valence-corrected chi connectivity index (χ3v) is 4.87. The number of amides is 1. The van der Waals surface area contributed by atoms with Gasteiger partial charge in [0.15, 0.2) is 5.82 Å². The molecule has 1 aliphatic rings. The number of aromatic nitrogens is 2. The Bertz CT molecular complexity index is 724. The minimum absolute atomic E-state index is 0.000793. The van der Waals surface area contributed by atoms with Crippen molar-refractivity contribution in [2.24, 2.45) is 0 Å². The average Bonchev–Trinajstić information content (AvgIpc) is 3.14. The Kier molecular flexibility index (Phi) is 6.58. The number of ether oxygens (including phenoxy) is 1. The SMILES string of the molecule is CC(C)(CNC(=O)CCc1nc(Cc2ccccc2)no1)N1CCOCC1. The van der Waals surface area contributed by atoms with Gasteiger partial charge in [0, 0.05) is 44.4 Å². The molecule has 1 aliphatic heterocycles. The van der Waals surface area contributed by atoms with Crippen molar-refractivity contribution in [2.75, 3.05) is 32.8 Å². The summed E-state index contributed by atoms with van der Waals surface area (Å²) in [6.45, 7) is 8.19. The number of hydrogen-bond donors (Lipinski definition) is 1. The summed E-state index contributed by atoms with van der Waals surface area (Å²) in [5.41, 5.74) is 1.04. The topological polar surface area (TPSA) is 80.5 Å². The molecule has 7 nitrogen and oxygen atoms in total. The first-order valence-electron chi connectivity index (χ1n) is 9.48. The van der Waals surface area contributed by atoms with E-state index in [9.17, 15) is 4.79 Å². The normalized spacial score (nSPS) is 15.6. The number of nitrogens with zero attached hydrogens (tertiary/aromatic N) is 3. The Labute approximate surface area is 160 Å². The highest BCUT2D eigenvalue weighted by Gasteiger charge is 2.28. The Morgan fingerprint density at radius 2 is 1.96 bits per heavy atom. The van der Waals surface area contributed by atoms with Crippen molar-refractivity contribution in [2.45, 2.75) is 38.6 Å². The van der Waals surface area contributed by atoms with Gasteiger partial charge in [0.2, 0.25) is 11.8 Å². The van der Waals surface area contributed by atoms with Crippen LogP contribution in [0.1, 0.15) is 37.5 Å². The number of nitrogens with one attached hydrogen (secondary N) is 1. The van der Waals surface area contributed by atoms with Gasteiger partial charge < -0.3 is 14.6 Å². The minimum Gasteiger partial charge on any atom is -0.379 e. The predicted molar refractivity (Wildman–Crippen MR) is 101 cm³/mol. The molecule has 0 atom stereocenters. The lowest BCUT2D eigenvalue weighted by Gasteiger charge is -2.40. The quantitative estimate of drug-likeness (QED) is 0.761. The second-order valence-corrected chi connectivity index (χ2v) is 7.46. The maximum atomic E-state index is 12.2. The first-order valence-corrected chi connectivity index (χ1v) is 9.48. The molecule has 0 spiro atoms. The summed E-state index contributed by atoms with van der Waals surface area (Å²) in [5.74, 6) is 1.15. The van der Waals surface area contributed by atoms with Crippen LogP contribution in [0.25, 0.3) is 0 Å². The van der Waals surface area contributed by atoms with E-state index in [1.54, 1.807) is 0 Å². The molecule has 27 heavy (non-hydrogen) atoms. The van der Waals surface area contributed by atoms with Crippen molar-refractivity contribution < 1.29 is 14.1 Å². The highest BCUT2D eigenvalue weighted by molar-refractivity contribution is 5.76. The Morgan fingerprint density at radius 3 is 2.70 bits per heavy atom. The van der Waals surface area contributed by atoms with Crippen LogP contribution in [0.3, 0.4) is 0 Å². The first-order chi connectivity index (χ1) is 13.0. The van der Waals surface area contributed by atoms with Gasteiger partial charge in [-0.3, -0.25) is 9.69 Å². The molecular formula is C20H28N4O3. The van der Waals surface area contributed by atoms with Crippen LogP contribution in [0.4, 0.5) is 0 Å². The van der Waals surface area contributed by atoms with E-state index in [0.717, 1.165) is 31.9 Å². The van der Waals surface area contributed by atoms with E-state index in [-0.39, 0.29) is 11.4 Å². The van der Waals surface area contributed by atoms with Crippen molar-refractivity contribution in [1.29, 1.82) is 0 Å². The van der Waals surface area contributed by atoms with Crippen LogP contribution in [0.2, 0.25) is 0 Å². The largest absolute Gasteiger partial charge is 0.379 e. The average molecular weight is 372 g/mol. The van der Waals surface area contributed by atoms with Crippen LogP contribution >= 0.6 is 0 Å². The van der Waals surface area contributed by atoms with Crippen LogP contribution in [0, 0.1) is 0 Å². The van der Waals surface area contributed by atoms with Gasteiger partial charge in [0.05, 0.1) is 13.2 Å². The van der Waals surface area contributed by atoms with Gasteiger partial charge in [0.1, 0.15) is 0 Å². The van der Waals surface area contributed by atoms with Crippen molar-refractivity contribution in [3.8, 4) is 0 Å². The molecular weight excluding hydrogens is 344 g/mol. The molecule has 0 unspecified atom stereocenters. The smallest absolute Gasteiger partial charge is 0.227 e. The number of benzene rings is 1. The van der Waals surface area contributed by atoms with Crippen molar-refractivity contribution in [3.05, 3.63) is 47.6 Å². The van der Waals surface area contributed by atoms with Crippen LogP contribution < -0.4 is 5.32 Å². The maximum Gasteiger partial charge on any atom is 0.227 e.